The second kappa shape index (κ2) is 9.96. The van der Waals surface area contributed by atoms with Gasteiger partial charge in [0.05, 0.1) is 13.2 Å². The number of ether oxygens (including phenoxy) is 1. The number of piperazine rings is 1. The Balaban J connectivity index is 1.28. The lowest BCUT2D eigenvalue weighted by Gasteiger charge is -2.36. The molecule has 1 amide bonds. The van der Waals surface area contributed by atoms with Crippen LogP contribution < -0.4 is 4.74 Å². The maximum absolute atomic E-state index is 12.7. The first kappa shape index (κ1) is 22.0. The SMILES string of the molecule is COc1cccc(CCC(=O)N2CCN(C(C)c3nc(-c4ccc(C)cc4)no3)CC2)c1. The molecule has 0 spiro atoms. The van der Waals surface area contributed by atoms with E-state index in [1.807, 2.05) is 53.4 Å². The van der Waals surface area contributed by atoms with Gasteiger partial charge in [-0.05, 0) is 38.0 Å². The van der Waals surface area contributed by atoms with Gasteiger partial charge in [-0.1, -0.05) is 47.1 Å². The van der Waals surface area contributed by atoms with Crippen LogP contribution in [0.25, 0.3) is 11.4 Å². The number of rotatable bonds is 7. The Morgan fingerprint density at radius 1 is 1.12 bits per heavy atom. The number of methoxy groups -OCH3 is 1. The van der Waals surface area contributed by atoms with E-state index in [1.165, 1.54) is 5.56 Å². The zero-order valence-electron chi connectivity index (χ0n) is 19.0. The molecule has 0 radical (unpaired) electrons. The van der Waals surface area contributed by atoms with Crippen molar-refractivity contribution >= 4 is 5.91 Å². The van der Waals surface area contributed by atoms with Crippen LogP contribution in [0.15, 0.2) is 53.1 Å². The summed E-state index contributed by atoms with van der Waals surface area (Å²) in [5, 5.41) is 4.15. The number of hydrogen-bond acceptors (Lipinski definition) is 6. The van der Waals surface area contributed by atoms with Crippen molar-refractivity contribution in [3.05, 3.63) is 65.5 Å². The number of carbonyl (C=O) groups excluding carboxylic acids is 1. The van der Waals surface area contributed by atoms with Gasteiger partial charge in [-0.15, -0.1) is 0 Å². The molecule has 1 unspecified atom stereocenters. The Bertz CT molecular complexity index is 1040. The Hall–Kier alpha value is -3.19. The third-order valence-corrected chi connectivity index (χ3v) is 6.09. The van der Waals surface area contributed by atoms with Crippen molar-refractivity contribution in [3.63, 3.8) is 0 Å². The molecule has 3 aromatic rings. The average Bonchev–Trinajstić information content (AvgIpc) is 3.33. The van der Waals surface area contributed by atoms with Crippen LogP contribution >= 0.6 is 0 Å². The topological polar surface area (TPSA) is 71.7 Å². The van der Waals surface area contributed by atoms with E-state index in [0.29, 0.717) is 31.2 Å². The number of amides is 1. The van der Waals surface area contributed by atoms with Crippen molar-refractivity contribution in [3.8, 4) is 17.1 Å². The second-order valence-electron chi connectivity index (χ2n) is 8.27. The Morgan fingerprint density at radius 2 is 1.88 bits per heavy atom. The zero-order valence-corrected chi connectivity index (χ0v) is 19.0. The van der Waals surface area contributed by atoms with Gasteiger partial charge in [0.1, 0.15) is 5.75 Å². The summed E-state index contributed by atoms with van der Waals surface area (Å²) in [5.41, 5.74) is 3.26. The molecule has 1 aliphatic rings. The van der Waals surface area contributed by atoms with E-state index < -0.39 is 0 Å². The molecule has 0 aliphatic carbocycles. The lowest BCUT2D eigenvalue weighted by atomic mass is 10.1. The fourth-order valence-corrected chi connectivity index (χ4v) is 3.98. The Labute approximate surface area is 189 Å². The maximum atomic E-state index is 12.7. The fraction of sp³-hybridized carbons (Fsp3) is 0.400. The molecule has 2 aromatic carbocycles. The summed E-state index contributed by atoms with van der Waals surface area (Å²) >= 11 is 0. The summed E-state index contributed by atoms with van der Waals surface area (Å²) in [4.78, 5) is 21.5. The minimum atomic E-state index is 0.00994. The molecule has 1 saturated heterocycles. The normalized spacial score (nSPS) is 15.5. The van der Waals surface area contributed by atoms with Gasteiger partial charge in [0, 0.05) is 38.2 Å². The van der Waals surface area contributed by atoms with Crippen LogP contribution in [0.4, 0.5) is 0 Å². The van der Waals surface area contributed by atoms with Gasteiger partial charge in [-0.3, -0.25) is 9.69 Å². The highest BCUT2D eigenvalue weighted by atomic mass is 16.5. The van der Waals surface area contributed by atoms with Crippen LogP contribution in [0, 0.1) is 6.92 Å². The van der Waals surface area contributed by atoms with Crippen LogP contribution in [0.1, 0.15) is 36.4 Å². The molecule has 0 saturated carbocycles. The van der Waals surface area contributed by atoms with Crippen LogP contribution in [0.5, 0.6) is 5.75 Å². The molecule has 0 N–H and O–H groups in total. The number of nitrogens with zero attached hydrogens (tertiary/aromatic N) is 4. The average molecular weight is 435 g/mol. The lowest BCUT2D eigenvalue weighted by Crippen LogP contribution is -2.49. The van der Waals surface area contributed by atoms with E-state index in [0.717, 1.165) is 36.4 Å². The highest BCUT2D eigenvalue weighted by Gasteiger charge is 2.27. The zero-order chi connectivity index (χ0) is 22.5. The molecule has 1 aromatic heterocycles. The molecular formula is C25H30N4O3. The minimum absolute atomic E-state index is 0.00994. The number of aryl methyl sites for hydroxylation is 2. The van der Waals surface area contributed by atoms with Gasteiger partial charge in [-0.25, -0.2) is 0 Å². The van der Waals surface area contributed by atoms with Gasteiger partial charge < -0.3 is 14.2 Å². The minimum Gasteiger partial charge on any atom is -0.497 e. The smallest absolute Gasteiger partial charge is 0.244 e. The standard InChI is InChI=1S/C25H30N4O3/c1-18-7-10-21(11-8-18)24-26-25(32-27-24)19(2)28-13-15-29(16-14-28)23(30)12-9-20-5-4-6-22(17-20)31-3/h4-8,10-11,17,19H,9,12-16H2,1-3H3. The number of carbonyl (C=O) groups is 1. The molecule has 1 fully saturated rings. The molecule has 1 atom stereocenters. The summed E-state index contributed by atoms with van der Waals surface area (Å²) in [6.45, 7) is 7.12. The van der Waals surface area contributed by atoms with Gasteiger partial charge >= 0.3 is 0 Å². The van der Waals surface area contributed by atoms with Gasteiger partial charge in [0.2, 0.25) is 17.6 Å². The van der Waals surface area contributed by atoms with Gasteiger partial charge in [0.15, 0.2) is 0 Å². The first-order valence-corrected chi connectivity index (χ1v) is 11.1. The molecule has 4 rings (SSSR count). The molecule has 7 heteroatoms. The lowest BCUT2D eigenvalue weighted by molar-refractivity contribution is -0.133. The summed E-state index contributed by atoms with van der Waals surface area (Å²) in [5.74, 6) is 2.24. The molecule has 1 aliphatic heterocycles. The summed E-state index contributed by atoms with van der Waals surface area (Å²) in [6, 6.07) is 16.0. The summed E-state index contributed by atoms with van der Waals surface area (Å²) < 4.78 is 10.8. The van der Waals surface area contributed by atoms with Crippen LogP contribution in [0.2, 0.25) is 0 Å². The fourth-order valence-electron chi connectivity index (χ4n) is 3.98. The monoisotopic (exact) mass is 434 g/mol. The van der Waals surface area contributed by atoms with Crippen molar-refractivity contribution in [1.29, 1.82) is 0 Å². The van der Waals surface area contributed by atoms with E-state index in [-0.39, 0.29) is 11.9 Å². The Kier molecular flexibility index (Phi) is 6.85. The van der Waals surface area contributed by atoms with Crippen LogP contribution in [0.3, 0.4) is 0 Å². The molecule has 168 valence electrons. The van der Waals surface area contributed by atoms with E-state index >= 15 is 0 Å². The van der Waals surface area contributed by atoms with Gasteiger partial charge in [0.25, 0.3) is 0 Å². The number of benzene rings is 2. The highest BCUT2D eigenvalue weighted by molar-refractivity contribution is 5.76. The van der Waals surface area contributed by atoms with Crippen molar-refractivity contribution in [2.75, 3.05) is 33.3 Å². The predicted molar refractivity (Wildman–Crippen MR) is 122 cm³/mol. The first-order valence-electron chi connectivity index (χ1n) is 11.1. The summed E-state index contributed by atoms with van der Waals surface area (Å²) in [7, 11) is 1.66. The summed E-state index contributed by atoms with van der Waals surface area (Å²) in [6.07, 6.45) is 1.22. The van der Waals surface area contributed by atoms with Crippen molar-refractivity contribution in [2.24, 2.45) is 0 Å². The quantitative estimate of drug-likeness (QED) is 0.562. The van der Waals surface area contributed by atoms with Crippen molar-refractivity contribution in [1.82, 2.24) is 19.9 Å². The van der Waals surface area contributed by atoms with Crippen molar-refractivity contribution < 1.29 is 14.1 Å². The van der Waals surface area contributed by atoms with Crippen LogP contribution in [-0.2, 0) is 11.2 Å². The van der Waals surface area contributed by atoms with E-state index in [9.17, 15) is 4.79 Å². The van der Waals surface area contributed by atoms with E-state index in [2.05, 4.69) is 28.9 Å². The molecular weight excluding hydrogens is 404 g/mol. The molecule has 7 nitrogen and oxygen atoms in total. The first-order chi connectivity index (χ1) is 15.5. The predicted octanol–water partition coefficient (Wildman–Crippen LogP) is 3.89. The number of hydrogen-bond donors (Lipinski definition) is 0. The largest absolute Gasteiger partial charge is 0.497 e. The van der Waals surface area contributed by atoms with Crippen molar-refractivity contribution in [2.45, 2.75) is 32.7 Å². The molecule has 32 heavy (non-hydrogen) atoms. The third kappa shape index (κ3) is 5.16. The van der Waals surface area contributed by atoms with Crippen LogP contribution in [-0.4, -0.2) is 59.1 Å². The number of aromatic nitrogens is 2. The van der Waals surface area contributed by atoms with Gasteiger partial charge in [-0.2, -0.15) is 4.98 Å². The molecule has 0 bridgehead atoms. The second-order valence-corrected chi connectivity index (χ2v) is 8.27. The molecule has 2 heterocycles. The Morgan fingerprint density at radius 3 is 2.59 bits per heavy atom. The van der Waals surface area contributed by atoms with E-state index in [1.54, 1.807) is 7.11 Å². The third-order valence-electron chi connectivity index (χ3n) is 6.09. The highest BCUT2D eigenvalue weighted by Crippen LogP contribution is 2.24. The maximum Gasteiger partial charge on any atom is 0.244 e. The van der Waals surface area contributed by atoms with E-state index in [4.69, 9.17) is 9.26 Å².